The molecule has 3 rings (SSSR count). The molecule has 1 atom stereocenters. The summed E-state index contributed by atoms with van der Waals surface area (Å²) in [7, 11) is 2.98. The second-order valence-corrected chi connectivity index (χ2v) is 6.06. The van der Waals surface area contributed by atoms with E-state index in [4.69, 9.17) is 9.47 Å². The van der Waals surface area contributed by atoms with Crippen LogP contribution in [0.2, 0.25) is 0 Å². The van der Waals surface area contributed by atoms with Gasteiger partial charge in [0.2, 0.25) is 0 Å². The maximum absolute atomic E-state index is 14.0. The number of nitrogens with zero attached hydrogens (tertiary/aromatic N) is 1. The lowest BCUT2D eigenvalue weighted by Crippen LogP contribution is -2.19. The molecule has 0 fully saturated rings. The molecule has 26 heavy (non-hydrogen) atoms. The molecule has 2 N–H and O–H groups in total. The quantitative estimate of drug-likeness (QED) is 0.823. The maximum Gasteiger partial charge on any atom is 0.271 e. The molecule has 0 bridgehead atoms. The Hall–Kier alpha value is -3.09. The van der Waals surface area contributed by atoms with Crippen molar-refractivity contribution in [2.45, 2.75) is 19.3 Å². The fourth-order valence-corrected chi connectivity index (χ4v) is 3.08. The van der Waals surface area contributed by atoms with Crippen molar-refractivity contribution in [1.82, 2.24) is 5.43 Å². The zero-order chi connectivity index (χ0) is 18.8. The van der Waals surface area contributed by atoms with Crippen molar-refractivity contribution in [3.63, 3.8) is 0 Å². The molecule has 7 heteroatoms. The summed E-state index contributed by atoms with van der Waals surface area (Å²) in [4.78, 5) is 12.4. The predicted molar refractivity (Wildman–Crippen MR) is 94.6 cm³/mol. The van der Waals surface area contributed by atoms with Gasteiger partial charge in [0.1, 0.15) is 23.1 Å². The monoisotopic (exact) mass is 358 g/mol. The molecule has 0 unspecified atom stereocenters. The fourth-order valence-electron chi connectivity index (χ4n) is 3.08. The molecule has 1 amide bonds. The van der Waals surface area contributed by atoms with Crippen molar-refractivity contribution in [2.24, 2.45) is 5.10 Å². The number of hydrogen-bond donors (Lipinski definition) is 2. The summed E-state index contributed by atoms with van der Waals surface area (Å²) in [5.41, 5.74) is 3.97. The summed E-state index contributed by atoms with van der Waals surface area (Å²) in [6.45, 7) is 1.85. The van der Waals surface area contributed by atoms with Gasteiger partial charge in [-0.2, -0.15) is 5.10 Å². The van der Waals surface area contributed by atoms with Crippen molar-refractivity contribution in [1.29, 1.82) is 0 Å². The number of halogens is 1. The number of carbonyl (C=O) groups excluding carboxylic acids is 1. The van der Waals surface area contributed by atoms with Crippen LogP contribution >= 0.6 is 0 Å². The van der Waals surface area contributed by atoms with E-state index < -0.39 is 5.91 Å². The highest BCUT2D eigenvalue weighted by atomic mass is 19.1. The van der Waals surface area contributed by atoms with Crippen molar-refractivity contribution < 1.29 is 23.8 Å². The number of phenolic OH excluding ortho intramolecular Hbond substituents is 1. The Labute approximate surface area is 150 Å². The number of rotatable bonds is 4. The summed E-state index contributed by atoms with van der Waals surface area (Å²) >= 11 is 0. The van der Waals surface area contributed by atoms with Crippen molar-refractivity contribution in [3.8, 4) is 17.2 Å². The lowest BCUT2D eigenvalue weighted by molar-refractivity contribution is 0.0954. The number of fused-ring (bicyclic) bond motifs is 1. The zero-order valence-electron chi connectivity index (χ0n) is 14.7. The highest BCUT2D eigenvalue weighted by Crippen LogP contribution is 2.39. The van der Waals surface area contributed by atoms with Gasteiger partial charge in [-0.05, 0) is 36.6 Å². The van der Waals surface area contributed by atoms with Gasteiger partial charge in [0.15, 0.2) is 0 Å². The van der Waals surface area contributed by atoms with Crippen LogP contribution in [0.3, 0.4) is 0 Å². The Balaban J connectivity index is 1.88. The Bertz CT molecular complexity index is 873. The summed E-state index contributed by atoms with van der Waals surface area (Å²) in [6.07, 6.45) is 0.422. The van der Waals surface area contributed by atoms with E-state index in [9.17, 15) is 14.3 Å². The third-order valence-corrected chi connectivity index (χ3v) is 4.36. The van der Waals surface area contributed by atoms with E-state index >= 15 is 0 Å². The average molecular weight is 358 g/mol. The van der Waals surface area contributed by atoms with Crippen LogP contribution < -0.4 is 14.9 Å². The van der Waals surface area contributed by atoms with Crippen molar-refractivity contribution >= 4 is 11.6 Å². The standard InChI is InChI=1S/C19H19FN2O4/c1-10-6-15(18-16(23)5-4-14(20)17(10)18)21-22-19(24)11-7-12(25-2)9-13(8-11)26-3/h4-5,7-10,23H,6H2,1-3H3,(H,22,24)/b21-15+/t10-/m0/s1. The van der Waals surface area contributed by atoms with Gasteiger partial charge in [0.25, 0.3) is 5.91 Å². The van der Waals surface area contributed by atoms with Crippen LogP contribution in [-0.4, -0.2) is 30.9 Å². The first-order valence-electron chi connectivity index (χ1n) is 8.06. The van der Waals surface area contributed by atoms with E-state index in [1.54, 1.807) is 18.2 Å². The molecule has 1 aliphatic rings. The Morgan fingerprint density at radius 3 is 2.50 bits per heavy atom. The van der Waals surface area contributed by atoms with E-state index in [2.05, 4.69) is 10.5 Å². The molecule has 0 saturated carbocycles. The van der Waals surface area contributed by atoms with Crippen LogP contribution in [0, 0.1) is 5.82 Å². The van der Waals surface area contributed by atoms with E-state index in [1.165, 1.54) is 26.4 Å². The normalized spacial score (nSPS) is 17.1. The number of benzene rings is 2. The van der Waals surface area contributed by atoms with Crippen LogP contribution in [-0.2, 0) is 0 Å². The third-order valence-electron chi connectivity index (χ3n) is 4.36. The molecular formula is C19H19FN2O4. The maximum atomic E-state index is 14.0. The van der Waals surface area contributed by atoms with Crippen LogP contribution in [0.4, 0.5) is 4.39 Å². The fraction of sp³-hybridized carbons (Fsp3) is 0.263. The minimum atomic E-state index is -0.466. The molecule has 2 aromatic rings. The minimum Gasteiger partial charge on any atom is -0.507 e. The number of aromatic hydroxyl groups is 1. The van der Waals surface area contributed by atoms with Crippen molar-refractivity contribution in [2.75, 3.05) is 14.2 Å². The first-order valence-corrected chi connectivity index (χ1v) is 8.06. The highest BCUT2D eigenvalue weighted by Gasteiger charge is 2.30. The predicted octanol–water partition coefficient (Wildman–Crippen LogP) is 3.19. The van der Waals surface area contributed by atoms with E-state index in [0.717, 1.165) is 0 Å². The molecule has 0 aliphatic heterocycles. The van der Waals surface area contributed by atoms with Crippen LogP contribution in [0.1, 0.15) is 40.7 Å². The number of methoxy groups -OCH3 is 2. The summed E-state index contributed by atoms with van der Waals surface area (Å²) < 4.78 is 24.3. The van der Waals surface area contributed by atoms with Gasteiger partial charge in [-0.1, -0.05) is 6.92 Å². The Morgan fingerprint density at radius 1 is 1.23 bits per heavy atom. The van der Waals surface area contributed by atoms with Gasteiger partial charge in [0, 0.05) is 22.8 Å². The number of phenols is 1. The number of amides is 1. The number of carbonyl (C=O) groups is 1. The minimum absolute atomic E-state index is 0.0539. The van der Waals surface area contributed by atoms with Gasteiger partial charge in [0.05, 0.1) is 19.9 Å². The van der Waals surface area contributed by atoms with Crippen LogP contribution in [0.5, 0.6) is 17.2 Å². The highest BCUT2D eigenvalue weighted by molar-refractivity contribution is 6.08. The van der Waals surface area contributed by atoms with Gasteiger partial charge in [-0.3, -0.25) is 4.79 Å². The number of nitrogens with one attached hydrogen (secondary N) is 1. The molecule has 0 saturated heterocycles. The zero-order valence-corrected chi connectivity index (χ0v) is 14.7. The first-order chi connectivity index (χ1) is 12.4. The van der Waals surface area contributed by atoms with Gasteiger partial charge < -0.3 is 14.6 Å². The Kier molecular flexibility index (Phi) is 4.79. The molecule has 1 aliphatic carbocycles. The summed E-state index contributed by atoms with van der Waals surface area (Å²) in [6, 6.07) is 7.28. The van der Waals surface area contributed by atoms with E-state index in [-0.39, 0.29) is 17.5 Å². The molecule has 6 nitrogen and oxygen atoms in total. The molecule has 0 heterocycles. The molecule has 0 radical (unpaired) electrons. The Morgan fingerprint density at radius 2 is 1.88 bits per heavy atom. The lowest BCUT2D eigenvalue weighted by Gasteiger charge is -2.08. The second-order valence-electron chi connectivity index (χ2n) is 6.06. The number of ether oxygens (including phenoxy) is 2. The second kappa shape index (κ2) is 7.03. The first kappa shape index (κ1) is 17.7. The topological polar surface area (TPSA) is 80.2 Å². The largest absolute Gasteiger partial charge is 0.507 e. The van der Waals surface area contributed by atoms with Crippen molar-refractivity contribution in [3.05, 3.63) is 52.8 Å². The van der Waals surface area contributed by atoms with Crippen LogP contribution in [0.25, 0.3) is 0 Å². The van der Waals surface area contributed by atoms with Crippen LogP contribution in [0.15, 0.2) is 35.4 Å². The number of hydrogen-bond acceptors (Lipinski definition) is 5. The van der Waals surface area contributed by atoms with Gasteiger partial charge >= 0.3 is 0 Å². The third kappa shape index (κ3) is 3.20. The summed E-state index contributed by atoms with van der Waals surface area (Å²) in [5.74, 6) is -0.0964. The summed E-state index contributed by atoms with van der Waals surface area (Å²) in [5, 5.41) is 14.2. The van der Waals surface area contributed by atoms with Gasteiger partial charge in [-0.25, -0.2) is 9.82 Å². The molecule has 136 valence electrons. The van der Waals surface area contributed by atoms with E-state index in [0.29, 0.717) is 40.3 Å². The average Bonchev–Trinajstić information content (AvgIpc) is 2.99. The lowest BCUT2D eigenvalue weighted by atomic mass is 10.0. The smallest absolute Gasteiger partial charge is 0.271 e. The molecular weight excluding hydrogens is 339 g/mol. The number of hydrazone groups is 1. The van der Waals surface area contributed by atoms with E-state index in [1.807, 2.05) is 6.92 Å². The molecule has 0 aromatic heterocycles. The van der Waals surface area contributed by atoms with Gasteiger partial charge in [-0.15, -0.1) is 0 Å². The molecule has 2 aromatic carbocycles. The SMILES string of the molecule is COc1cc(OC)cc(C(=O)N/N=C2\C[C@H](C)c3c(F)ccc(O)c32)c1. The molecule has 0 spiro atoms.